The van der Waals surface area contributed by atoms with Gasteiger partial charge in [-0.15, -0.1) is 0 Å². The van der Waals surface area contributed by atoms with Crippen molar-refractivity contribution in [2.45, 2.75) is 32.2 Å². The highest BCUT2D eigenvalue weighted by Crippen LogP contribution is 2.31. The standard InChI is InChI=1S/C21H25N3O3/c1-14(16-6-4-3-5-7-16)24-13-17(12-18(21(24)27)20(26)22-2)19(25)23-11-10-15-8-9-15/h3-7,12-15H,8-11H2,1-2H3,(H,22,26)(H,23,25). The number of nitrogens with one attached hydrogen (secondary N) is 2. The lowest BCUT2D eigenvalue weighted by Crippen LogP contribution is -2.35. The Hall–Kier alpha value is -2.89. The molecule has 1 aliphatic carbocycles. The zero-order chi connectivity index (χ0) is 19.4. The Labute approximate surface area is 158 Å². The molecule has 0 bridgehead atoms. The molecule has 0 spiro atoms. The van der Waals surface area contributed by atoms with Crippen molar-refractivity contribution in [1.29, 1.82) is 0 Å². The second kappa shape index (κ2) is 8.20. The van der Waals surface area contributed by atoms with E-state index in [2.05, 4.69) is 10.6 Å². The maximum absolute atomic E-state index is 12.8. The van der Waals surface area contributed by atoms with Crippen LogP contribution in [-0.2, 0) is 0 Å². The molecule has 1 fully saturated rings. The number of hydrogen-bond acceptors (Lipinski definition) is 3. The molecule has 1 aromatic carbocycles. The summed E-state index contributed by atoms with van der Waals surface area (Å²) in [6.45, 7) is 2.48. The molecule has 1 aliphatic rings. The molecule has 1 aromatic heterocycles. The van der Waals surface area contributed by atoms with Crippen molar-refractivity contribution < 1.29 is 9.59 Å². The lowest BCUT2D eigenvalue weighted by atomic mass is 10.1. The fourth-order valence-corrected chi connectivity index (χ4v) is 3.10. The third-order valence-corrected chi connectivity index (χ3v) is 5.01. The molecule has 142 valence electrons. The van der Waals surface area contributed by atoms with E-state index in [1.54, 1.807) is 6.20 Å². The van der Waals surface area contributed by atoms with Gasteiger partial charge in [0.1, 0.15) is 5.56 Å². The highest BCUT2D eigenvalue weighted by molar-refractivity contribution is 5.99. The van der Waals surface area contributed by atoms with Crippen LogP contribution in [0.3, 0.4) is 0 Å². The van der Waals surface area contributed by atoms with Gasteiger partial charge in [0.05, 0.1) is 11.6 Å². The van der Waals surface area contributed by atoms with E-state index in [0.29, 0.717) is 12.1 Å². The van der Waals surface area contributed by atoms with Gasteiger partial charge >= 0.3 is 0 Å². The monoisotopic (exact) mass is 367 g/mol. The smallest absolute Gasteiger partial charge is 0.264 e. The van der Waals surface area contributed by atoms with Crippen molar-refractivity contribution in [3.63, 3.8) is 0 Å². The summed E-state index contributed by atoms with van der Waals surface area (Å²) in [5.74, 6) is -0.0461. The topological polar surface area (TPSA) is 80.2 Å². The van der Waals surface area contributed by atoms with Gasteiger partial charge in [-0.1, -0.05) is 43.2 Å². The van der Waals surface area contributed by atoms with Crippen LogP contribution in [0.15, 0.2) is 47.4 Å². The van der Waals surface area contributed by atoms with Crippen LogP contribution in [0.25, 0.3) is 0 Å². The second-order valence-corrected chi connectivity index (χ2v) is 7.01. The summed E-state index contributed by atoms with van der Waals surface area (Å²) >= 11 is 0. The summed E-state index contributed by atoms with van der Waals surface area (Å²) in [6, 6.07) is 10.6. The van der Waals surface area contributed by atoms with Crippen LogP contribution < -0.4 is 16.2 Å². The third-order valence-electron chi connectivity index (χ3n) is 5.01. The Morgan fingerprint density at radius 1 is 1.19 bits per heavy atom. The number of rotatable bonds is 7. The van der Waals surface area contributed by atoms with Crippen molar-refractivity contribution in [2.24, 2.45) is 5.92 Å². The van der Waals surface area contributed by atoms with Crippen molar-refractivity contribution in [3.05, 3.63) is 69.6 Å². The average Bonchev–Trinajstić information content (AvgIpc) is 3.52. The van der Waals surface area contributed by atoms with Gasteiger partial charge in [0.2, 0.25) is 0 Å². The highest BCUT2D eigenvalue weighted by atomic mass is 16.2. The summed E-state index contributed by atoms with van der Waals surface area (Å²) in [5.41, 5.74) is 0.788. The molecule has 0 radical (unpaired) electrons. The predicted octanol–water partition coefficient (Wildman–Crippen LogP) is 2.35. The Morgan fingerprint density at radius 3 is 2.52 bits per heavy atom. The number of carbonyl (C=O) groups excluding carboxylic acids is 2. The SMILES string of the molecule is CNC(=O)c1cc(C(=O)NCCC2CC2)cn(C(C)c2ccccc2)c1=O. The summed E-state index contributed by atoms with van der Waals surface area (Å²) < 4.78 is 1.45. The number of benzene rings is 1. The van der Waals surface area contributed by atoms with Gasteiger partial charge < -0.3 is 15.2 Å². The van der Waals surface area contributed by atoms with E-state index >= 15 is 0 Å². The lowest BCUT2D eigenvalue weighted by Gasteiger charge is -2.18. The second-order valence-electron chi connectivity index (χ2n) is 7.01. The van der Waals surface area contributed by atoms with Gasteiger partial charge in [-0.2, -0.15) is 0 Å². The van der Waals surface area contributed by atoms with Crippen LogP contribution in [0.2, 0.25) is 0 Å². The van der Waals surface area contributed by atoms with E-state index in [0.717, 1.165) is 17.9 Å². The van der Waals surface area contributed by atoms with E-state index in [1.165, 1.54) is 30.5 Å². The van der Waals surface area contributed by atoms with Gasteiger partial charge in [-0.3, -0.25) is 14.4 Å². The molecule has 1 unspecified atom stereocenters. The predicted molar refractivity (Wildman–Crippen MR) is 104 cm³/mol. The molecule has 6 heteroatoms. The molecule has 2 aromatic rings. The Balaban J connectivity index is 1.94. The number of nitrogens with zero attached hydrogens (tertiary/aromatic N) is 1. The van der Waals surface area contributed by atoms with Crippen molar-refractivity contribution >= 4 is 11.8 Å². The number of amides is 2. The minimum atomic E-state index is -0.498. The van der Waals surface area contributed by atoms with Crippen LogP contribution in [0.5, 0.6) is 0 Å². The van der Waals surface area contributed by atoms with Gasteiger partial charge in [-0.25, -0.2) is 0 Å². The first kappa shape index (κ1) is 18.9. The maximum atomic E-state index is 12.8. The van der Waals surface area contributed by atoms with Crippen LogP contribution >= 0.6 is 0 Å². The van der Waals surface area contributed by atoms with E-state index in [1.807, 2.05) is 37.3 Å². The van der Waals surface area contributed by atoms with Gasteiger partial charge in [-0.05, 0) is 30.9 Å². The molecule has 27 heavy (non-hydrogen) atoms. The van der Waals surface area contributed by atoms with Gasteiger partial charge in [0.15, 0.2) is 0 Å². The van der Waals surface area contributed by atoms with E-state index in [9.17, 15) is 14.4 Å². The first-order valence-corrected chi connectivity index (χ1v) is 9.32. The molecule has 2 amide bonds. The minimum Gasteiger partial charge on any atom is -0.355 e. The van der Waals surface area contributed by atoms with Crippen LogP contribution in [0.1, 0.15) is 58.5 Å². The third kappa shape index (κ3) is 4.45. The summed E-state index contributed by atoms with van der Waals surface area (Å²) in [4.78, 5) is 37.6. The quantitative estimate of drug-likeness (QED) is 0.788. The summed E-state index contributed by atoms with van der Waals surface area (Å²) in [7, 11) is 1.47. The molecule has 2 N–H and O–H groups in total. The molecule has 0 aliphatic heterocycles. The number of pyridine rings is 1. The van der Waals surface area contributed by atoms with Crippen LogP contribution in [-0.4, -0.2) is 30.0 Å². The molecule has 0 saturated heterocycles. The molecule has 1 saturated carbocycles. The lowest BCUT2D eigenvalue weighted by molar-refractivity contribution is 0.0951. The molecular weight excluding hydrogens is 342 g/mol. The molecule has 6 nitrogen and oxygen atoms in total. The Kier molecular flexibility index (Phi) is 5.74. The fraction of sp³-hybridized carbons (Fsp3) is 0.381. The largest absolute Gasteiger partial charge is 0.355 e. The number of aromatic nitrogens is 1. The number of hydrogen-bond donors (Lipinski definition) is 2. The zero-order valence-corrected chi connectivity index (χ0v) is 15.7. The normalized spacial score (nSPS) is 14.4. The first-order chi connectivity index (χ1) is 13.0. The van der Waals surface area contributed by atoms with Crippen LogP contribution in [0, 0.1) is 5.92 Å². The number of carbonyl (C=O) groups is 2. The van der Waals surface area contributed by atoms with Crippen LogP contribution in [0.4, 0.5) is 0 Å². The maximum Gasteiger partial charge on any atom is 0.264 e. The molecule has 3 rings (SSSR count). The molecule has 1 atom stereocenters. The van der Waals surface area contributed by atoms with E-state index in [4.69, 9.17) is 0 Å². The van der Waals surface area contributed by atoms with Gasteiger partial charge in [0, 0.05) is 19.8 Å². The van der Waals surface area contributed by atoms with E-state index in [-0.39, 0.29) is 17.5 Å². The Morgan fingerprint density at radius 2 is 1.89 bits per heavy atom. The van der Waals surface area contributed by atoms with E-state index < -0.39 is 11.5 Å². The Bertz CT molecular complexity index is 885. The first-order valence-electron chi connectivity index (χ1n) is 9.32. The van der Waals surface area contributed by atoms with Gasteiger partial charge in [0.25, 0.3) is 17.4 Å². The highest BCUT2D eigenvalue weighted by Gasteiger charge is 2.22. The zero-order valence-electron chi connectivity index (χ0n) is 15.7. The van der Waals surface area contributed by atoms with Crippen molar-refractivity contribution in [3.8, 4) is 0 Å². The molecular formula is C21H25N3O3. The summed E-state index contributed by atoms with van der Waals surface area (Å²) in [6.07, 6.45) is 4.97. The fourth-order valence-electron chi connectivity index (χ4n) is 3.10. The summed E-state index contributed by atoms with van der Waals surface area (Å²) in [5, 5.41) is 5.37. The minimum absolute atomic E-state index is 0.0323. The average molecular weight is 367 g/mol. The molecule has 1 heterocycles. The van der Waals surface area contributed by atoms with Crippen molar-refractivity contribution in [2.75, 3.05) is 13.6 Å². The van der Waals surface area contributed by atoms with Crippen molar-refractivity contribution in [1.82, 2.24) is 15.2 Å².